The highest BCUT2D eigenvalue weighted by Gasteiger charge is 2.14. The number of nitrogens with one attached hydrogen (secondary N) is 1. The normalized spacial score (nSPS) is 12.4. The van der Waals surface area contributed by atoms with Crippen molar-refractivity contribution in [3.63, 3.8) is 0 Å². The van der Waals surface area contributed by atoms with Gasteiger partial charge in [-0.15, -0.1) is 0 Å². The fourth-order valence-electron chi connectivity index (χ4n) is 2.39. The number of hydrogen-bond donors (Lipinski definition) is 1. The van der Waals surface area contributed by atoms with Gasteiger partial charge in [-0.05, 0) is 60.8 Å². The third-order valence-electron chi connectivity index (χ3n) is 3.53. The van der Waals surface area contributed by atoms with Crippen LogP contribution in [0.5, 0.6) is 0 Å². The summed E-state index contributed by atoms with van der Waals surface area (Å²) >= 11 is 5.73. The highest BCUT2D eigenvalue weighted by atomic mass is 35.5. The van der Waals surface area contributed by atoms with Gasteiger partial charge in [0, 0.05) is 6.04 Å². The van der Waals surface area contributed by atoms with Crippen molar-refractivity contribution in [1.29, 1.82) is 0 Å². The molecule has 21 heavy (non-hydrogen) atoms. The van der Waals surface area contributed by atoms with E-state index in [1.165, 1.54) is 18.2 Å². The largest absolute Gasteiger partial charge is 0.310 e. The van der Waals surface area contributed by atoms with Gasteiger partial charge in [0.2, 0.25) is 0 Å². The Morgan fingerprint density at radius 2 is 1.90 bits per heavy atom. The Morgan fingerprint density at radius 3 is 2.52 bits per heavy atom. The first-order valence-electron chi connectivity index (χ1n) is 6.94. The van der Waals surface area contributed by atoms with E-state index < -0.39 is 5.82 Å². The molecular weight excluding hydrogens is 292 g/mol. The van der Waals surface area contributed by atoms with E-state index in [0.29, 0.717) is 6.42 Å². The molecule has 0 fully saturated rings. The molecule has 0 heterocycles. The molecule has 0 aromatic heterocycles. The van der Waals surface area contributed by atoms with Gasteiger partial charge in [-0.25, -0.2) is 8.78 Å². The van der Waals surface area contributed by atoms with Gasteiger partial charge in [-0.3, -0.25) is 0 Å². The molecule has 0 saturated heterocycles. The van der Waals surface area contributed by atoms with E-state index in [0.717, 1.165) is 23.2 Å². The first-order valence-corrected chi connectivity index (χ1v) is 7.32. The summed E-state index contributed by atoms with van der Waals surface area (Å²) in [7, 11) is 0. The van der Waals surface area contributed by atoms with Crippen molar-refractivity contribution in [2.45, 2.75) is 26.3 Å². The van der Waals surface area contributed by atoms with Crippen molar-refractivity contribution in [3.05, 3.63) is 69.7 Å². The molecule has 2 aromatic rings. The summed E-state index contributed by atoms with van der Waals surface area (Å²) in [6.07, 6.45) is 0.668. The molecular formula is C17H18ClF2N. The van der Waals surface area contributed by atoms with Crippen LogP contribution in [-0.4, -0.2) is 6.54 Å². The molecule has 1 unspecified atom stereocenters. The number of halogens is 3. The first-order chi connectivity index (χ1) is 10.0. The van der Waals surface area contributed by atoms with Crippen LogP contribution in [0, 0.1) is 18.6 Å². The SMILES string of the molecule is CCNC(Cc1ccc(F)cc1C)c1ccc(Cl)c(F)c1. The highest BCUT2D eigenvalue weighted by molar-refractivity contribution is 6.30. The van der Waals surface area contributed by atoms with Gasteiger partial charge in [0.25, 0.3) is 0 Å². The van der Waals surface area contributed by atoms with Crippen molar-refractivity contribution >= 4 is 11.6 Å². The van der Waals surface area contributed by atoms with Crippen LogP contribution < -0.4 is 5.32 Å². The summed E-state index contributed by atoms with van der Waals surface area (Å²) in [4.78, 5) is 0. The molecule has 0 spiro atoms. The van der Waals surface area contributed by atoms with E-state index in [1.54, 1.807) is 12.1 Å². The van der Waals surface area contributed by atoms with Crippen molar-refractivity contribution in [3.8, 4) is 0 Å². The first kappa shape index (κ1) is 15.9. The Bertz CT molecular complexity index is 628. The number of likely N-dealkylation sites (N-methyl/N-ethyl adjacent to an activating group) is 1. The van der Waals surface area contributed by atoms with Crippen LogP contribution in [-0.2, 0) is 6.42 Å². The lowest BCUT2D eigenvalue weighted by molar-refractivity contribution is 0.541. The van der Waals surface area contributed by atoms with Crippen LogP contribution in [0.15, 0.2) is 36.4 Å². The van der Waals surface area contributed by atoms with Gasteiger partial charge in [0.1, 0.15) is 11.6 Å². The van der Waals surface area contributed by atoms with Gasteiger partial charge >= 0.3 is 0 Å². The zero-order valence-electron chi connectivity index (χ0n) is 12.1. The van der Waals surface area contributed by atoms with Gasteiger partial charge in [-0.2, -0.15) is 0 Å². The fourth-order valence-corrected chi connectivity index (χ4v) is 2.51. The van der Waals surface area contributed by atoms with Crippen LogP contribution in [0.4, 0.5) is 8.78 Å². The number of rotatable bonds is 5. The minimum absolute atomic E-state index is 0.0362. The van der Waals surface area contributed by atoms with Crippen LogP contribution in [0.25, 0.3) is 0 Å². The zero-order valence-corrected chi connectivity index (χ0v) is 12.8. The zero-order chi connectivity index (χ0) is 15.4. The van der Waals surface area contributed by atoms with Gasteiger partial charge in [0.15, 0.2) is 0 Å². The number of aryl methyl sites for hydroxylation is 1. The third-order valence-corrected chi connectivity index (χ3v) is 3.83. The molecule has 0 bridgehead atoms. The molecule has 2 aromatic carbocycles. The Balaban J connectivity index is 2.28. The molecule has 2 rings (SSSR count). The van der Waals surface area contributed by atoms with Crippen molar-refractivity contribution < 1.29 is 8.78 Å². The lowest BCUT2D eigenvalue weighted by atomic mass is 9.96. The van der Waals surface area contributed by atoms with Crippen molar-refractivity contribution in [2.24, 2.45) is 0 Å². The molecule has 0 aliphatic heterocycles. The van der Waals surface area contributed by atoms with Crippen LogP contribution in [0.3, 0.4) is 0 Å². The second-order valence-corrected chi connectivity index (χ2v) is 5.47. The van der Waals surface area contributed by atoms with E-state index in [4.69, 9.17) is 11.6 Å². The van der Waals surface area contributed by atoms with E-state index in [1.807, 2.05) is 19.9 Å². The van der Waals surface area contributed by atoms with Crippen molar-refractivity contribution in [1.82, 2.24) is 5.32 Å². The average Bonchev–Trinajstić information content (AvgIpc) is 2.44. The summed E-state index contributed by atoms with van der Waals surface area (Å²) in [6.45, 7) is 4.63. The summed E-state index contributed by atoms with van der Waals surface area (Å²) in [5, 5.41) is 3.45. The molecule has 0 aliphatic carbocycles. The maximum atomic E-state index is 13.6. The lowest BCUT2D eigenvalue weighted by Crippen LogP contribution is -2.23. The summed E-state index contributed by atoms with van der Waals surface area (Å²) in [5.41, 5.74) is 2.77. The Morgan fingerprint density at radius 1 is 1.14 bits per heavy atom. The van der Waals surface area contributed by atoms with Crippen molar-refractivity contribution in [2.75, 3.05) is 6.54 Å². The van der Waals surface area contributed by atoms with E-state index >= 15 is 0 Å². The van der Waals surface area contributed by atoms with Gasteiger partial charge in [0.05, 0.1) is 5.02 Å². The Kier molecular flexibility index (Phi) is 5.32. The lowest BCUT2D eigenvalue weighted by Gasteiger charge is -2.20. The molecule has 1 atom stereocenters. The van der Waals surface area contributed by atoms with Gasteiger partial charge < -0.3 is 5.32 Å². The molecule has 0 saturated carbocycles. The number of benzene rings is 2. The van der Waals surface area contributed by atoms with Crippen LogP contribution in [0.2, 0.25) is 5.02 Å². The second-order valence-electron chi connectivity index (χ2n) is 5.06. The van der Waals surface area contributed by atoms with E-state index in [-0.39, 0.29) is 16.9 Å². The van der Waals surface area contributed by atoms with Crippen LogP contribution in [0.1, 0.15) is 29.7 Å². The van der Waals surface area contributed by atoms with Gasteiger partial charge in [-0.1, -0.05) is 30.7 Å². The molecule has 1 nitrogen and oxygen atoms in total. The molecule has 0 amide bonds. The smallest absolute Gasteiger partial charge is 0.142 e. The average molecular weight is 310 g/mol. The minimum atomic E-state index is -0.423. The molecule has 112 valence electrons. The molecule has 1 N–H and O–H groups in total. The predicted molar refractivity (Wildman–Crippen MR) is 82.7 cm³/mol. The number of hydrogen-bond acceptors (Lipinski definition) is 1. The summed E-state index contributed by atoms with van der Waals surface area (Å²) < 4.78 is 26.8. The van der Waals surface area contributed by atoms with E-state index in [2.05, 4.69) is 5.32 Å². The predicted octanol–water partition coefficient (Wildman–Crippen LogP) is 4.82. The monoisotopic (exact) mass is 309 g/mol. The topological polar surface area (TPSA) is 12.0 Å². The third kappa shape index (κ3) is 4.02. The summed E-state index contributed by atoms with van der Waals surface area (Å²) in [5.74, 6) is -0.665. The maximum absolute atomic E-state index is 13.6. The minimum Gasteiger partial charge on any atom is -0.310 e. The van der Waals surface area contributed by atoms with E-state index in [9.17, 15) is 8.78 Å². The van der Waals surface area contributed by atoms with Crippen LogP contribution >= 0.6 is 11.6 Å². The standard InChI is InChI=1S/C17H18ClF2N/c1-3-21-17(13-5-7-15(18)16(20)9-13)10-12-4-6-14(19)8-11(12)2/h4-9,17,21H,3,10H2,1-2H3. The highest BCUT2D eigenvalue weighted by Crippen LogP contribution is 2.24. The molecule has 4 heteroatoms. The summed E-state index contributed by atoms with van der Waals surface area (Å²) in [6, 6.07) is 9.54. The molecule has 0 radical (unpaired) electrons. The fraction of sp³-hybridized carbons (Fsp3) is 0.294. The Labute approximate surface area is 128 Å². The second kappa shape index (κ2) is 7.01. The Hall–Kier alpha value is -1.45. The quantitative estimate of drug-likeness (QED) is 0.835. The molecule has 0 aliphatic rings. The maximum Gasteiger partial charge on any atom is 0.142 e.